The minimum atomic E-state index is -0.979. The van der Waals surface area contributed by atoms with Gasteiger partial charge in [-0.2, -0.15) is 0 Å². The van der Waals surface area contributed by atoms with Gasteiger partial charge in [0.25, 0.3) is 0 Å². The van der Waals surface area contributed by atoms with Crippen molar-refractivity contribution in [2.75, 3.05) is 10.5 Å². The number of benzene rings is 2. The van der Waals surface area contributed by atoms with Crippen molar-refractivity contribution in [2.24, 2.45) is 11.8 Å². The largest absolute Gasteiger partial charge is 0.441 e. The van der Waals surface area contributed by atoms with Crippen LogP contribution in [0.4, 0.5) is 14.5 Å². The van der Waals surface area contributed by atoms with Crippen LogP contribution in [0.3, 0.4) is 0 Å². The average molecular weight is 600 g/mol. The van der Waals surface area contributed by atoms with Crippen LogP contribution in [0.15, 0.2) is 54.9 Å². The molecule has 0 aliphatic carbocycles. The highest BCUT2D eigenvalue weighted by Gasteiger charge is 2.30. The van der Waals surface area contributed by atoms with Gasteiger partial charge < -0.3 is 9.46 Å². The molecule has 1 unspecified atom stereocenters. The Morgan fingerprint density at radius 3 is 2.41 bits per heavy atom. The number of ketones is 1. The Kier molecular flexibility index (Phi) is 9.71. The molecule has 1 atom stereocenters. The highest BCUT2D eigenvalue weighted by atomic mass is 35.5. The quantitative estimate of drug-likeness (QED) is 0.0804. The number of nitrogens with one attached hydrogen (secondary N) is 1. The number of nitrogens with zero attached hydrogens (tertiary/aromatic N) is 2. The minimum Gasteiger partial charge on any atom is -0.441 e. The summed E-state index contributed by atoms with van der Waals surface area (Å²) in [5.41, 5.74) is 1.18. The van der Waals surface area contributed by atoms with E-state index in [4.69, 9.17) is 16.3 Å². The number of hydrogen-bond acceptors (Lipinski definition) is 6. The Morgan fingerprint density at radius 2 is 1.78 bits per heavy atom. The van der Waals surface area contributed by atoms with Gasteiger partial charge in [-0.25, -0.2) is 13.8 Å². The van der Waals surface area contributed by atoms with Gasteiger partial charge in [0.15, 0.2) is 12.0 Å². The first-order chi connectivity index (χ1) is 19.5. The molecule has 6 nitrogen and oxygen atoms in total. The summed E-state index contributed by atoms with van der Waals surface area (Å²) >= 11 is 7.33. The lowest BCUT2D eigenvalue weighted by Gasteiger charge is -2.24. The van der Waals surface area contributed by atoms with E-state index in [2.05, 4.69) is 9.71 Å². The number of anilines is 1. The number of halogens is 3. The van der Waals surface area contributed by atoms with Gasteiger partial charge >= 0.3 is 5.97 Å². The Hall–Kier alpha value is -3.43. The van der Waals surface area contributed by atoms with Crippen LogP contribution in [0, 0.1) is 23.5 Å². The zero-order valence-electron chi connectivity index (χ0n) is 23.5. The number of ether oxygens (including phenoxy) is 1. The summed E-state index contributed by atoms with van der Waals surface area (Å²) in [6.07, 6.45) is 3.15. The molecule has 2 aromatic heterocycles. The first-order valence-electron chi connectivity index (χ1n) is 13.4. The van der Waals surface area contributed by atoms with Gasteiger partial charge in [0.1, 0.15) is 11.5 Å². The maximum absolute atomic E-state index is 15.6. The smallest absolute Gasteiger partial charge is 0.310 e. The van der Waals surface area contributed by atoms with Crippen molar-refractivity contribution in [3.05, 3.63) is 82.6 Å². The lowest BCUT2D eigenvalue weighted by molar-refractivity contribution is -0.160. The van der Waals surface area contributed by atoms with E-state index in [9.17, 15) is 9.59 Å². The van der Waals surface area contributed by atoms with Crippen LogP contribution < -0.4 is 4.72 Å². The van der Waals surface area contributed by atoms with Crippen molar-refractivity contribution in [1.82, 2.24) is 9.55 Å². The van der Waals surface area contributed by atoms with Crippen LogP contribution in [0.2, 0.25) is 5.02 Å². The third kappa shape index (κ3) is 6.57. The molecule has 0 saturated carbocycles. The number of hydrogen-bond donors (Lipinski definition) is 1. The van der Waals surface area contributed by atoms with Gasteiger partial charge in [0.05, 0.1) is 22.7 Å². The summed E-state index contributed by atoms with van der Waals surface area (Å²) in [5, 5.41) is 0.930. The van der Waals surface area contributed by atoms with E-state index in [1.807, 2.05) is 32.9 Å². The lowest BCUT2D eigenvalue weighted by Crippen LogP contribution is -2.24. The molecule has 2 heterocycles. The summed E-state index contributed by atoms with van der Waals surface area (Å²) in [4.78, 5) is 31.1. The van der Waals surface area contributed by atoms with E-state index >= 15 is 8.78 Å². The molecule has 4 rings (SSSR count). The van der Waals surface area contributed by atoms with Crippen molar-refractivity contribution < 1.29 is 23.1 Å². The first-order valence-corrected chi connectivity index (χ1v) is 14.8. The fourth-order valence-electron chi connectivity index (χ4n) is 4.28. The van der Waals surface area contributed by atoms with Crippen molar-refractivity contribution in [1.29, 1.82) is 0 Å². The molecule has 0 saturated heterocycles. The van der Waals surface area contributed by atoms with Crippen LogP contribution >= 0.6 is 23.5 Å². The summed E-state index contributed by atoms with van der Waals surface area (Å²) in [5.74, 6) is -3.10. The molecule has 10 heteroatoms. The second-order valence-electron chi connectivity index (χ2n) is 10.3. The first kappa shape index (κ1) is 30.5. The standard InChI is InChI=1S/C31H32ClF2N3O3S/c1-6-13-41-36-25-12-11-24(33)26(27(25)34)28(38)23-16-37(30(17(2)3)40-31(39)18(4)5)29-22(23)14-20(15-35-29)19-7-9-21(32)10-8-19/h7-12,14-18,30,36H,6,13H2,1-5H3. The van der Waals surface area contributed by atoms with Gasteiger partial charge in [0, 0.05) is 40.0 Å². The zero-order valence-corrected chi connectivity index (χ0v) is 25.1. The van der Waals surface area contributed by atoms with E-state index in [0.29, 0.717) is 27.4 Å². The fraction of sp³-hybridized carbons (Fsp3) is 0.323. The molecule has 41 heavy (non-hydrogen) atoms. The third-order valence-electron chi connectivity index (χ3n) is 6.45. The number of carbonyl (C=O) groups is 2. The molecule has 4 aromatic rings. The van der Waals surface area contributed by atoms with Crippen molar-refractivity contribution in [3.63, 3.8) is 0 Å². The van der Waals surface area contributed by atoms with E-state index in [1.54, 1.807) is 42.8 Å². The van der Waals surface area contributed by atoms with E-state index in [1.165, 1.54) is 24.2 Å². The van der Waals surface area contributed by atoms with Gasteiger partial charge in [-0.1, -0.05) is 70.3 Å². The van der Waals surface area contributed by atoms with Gasteiger partial charge in [-0.3, -0.25) is 14.2 Å². The summed E-state index contributed by atoms with van der Waals surface area (Å²) in [6.45, 7) is 9.18. The van der Waals surface area contributed by atoms with Crippen LogP contribution in [-0.2, 0) is 9.53 Å². The van der Waals surface area contributed by atoms with Crippen LogP contribution in [0.1, 0.15) is 63.2 Å². The number of pyridine rings is 1. The molecule has 0 radical (unpaired) electrons. The number of esters is 1. The van der Waals surface area contributed by atoms with Crippen LogP contribution in [-0.4, -0.2) is 27.1 Å². The van der Waals surface area contributed by atoms with Crippen molar-refractivity contribution >= 4 is 52.0 Å². The highest BCUT2D eigenvalue weighted by molar-refractivity contribution is 8.00. The topological polar surface area (TPSA) is 73.2 Å². The fourth-order valence-corrected chi connectivity index (χ4v) is 5.03. The Bertz CT molecular complexity index is 1570. The SMILES string of the molecule is CCCSNc1ccc(F)c(C(=O)c2cn(C(OC(=O)C(C)C)C(C)C)c3ncc(-c4ccc(Cl)cc4)cc23)c1F. The molecular formula is C31H32ClF2N3O3S. The molecule has 0 aliphatic rings. The van der Waals surface area contributed by atoms with Gasteiger partial charge in [-0.05, 0) is 42.3 Å². The minimum absolute atomic E-state index is 0.0165. The maximum atomic E-state index is 15.6. The molecular weight excluding hydrogens is 568 g/mol. The molecule has 0 aliphatic heterocycles. The van der Waals surface area contributed by atoms with E-state index in [0.717, 1.165) is 18.1 Å². The predicted molar refractivity (Wildman–Crippen MR) is 161 cm³/mol. The Morgan fingerprint density at radius 1 is 1.07 bits per heavy atom. The molecule has 0 bridgehead atoms. The number of fused-ring (bicyclic) bond motifs is 1. The monoisotopic (exact) mass is 599 g/mol. The normalized spacial score (nSPS) is 12.2. The average Bonchev–Trinajstić information content (AvgIpc) is 3.31. The molecule has 0 spiro atoms. The van der Waals surface area contributed by atoms with Crippen molar-refractivity contribution in [3.8, 4) is 11.1 Å². The molecule has 0 amide bonds. The number of carbonyl (C=O) groups excluding carboxylic acids is 2. The Labute approximate surface area is 247 Å². The van der Waals surface area contributed by atoms with Gasteiger partial charge in [0.2, 0.25) is 5.78 Å². The Balaban J connectivity index is 1.91. The third-order valence-corrected chi connectivity index (χ3v) is 7.68. The predicted octanol–water partition coefficient (Wildman–Crippen LogP) is 8.69. The summed E-state index contributed by atoms with van der Waals surface area (Å²) in [6, 6.07) is 11.2. The maximum Gasteiger partial charge on any atom is 0.310 e. The summed E-state index contributed by atoms with van der Waals surface area (Å²) in [7, 11) is 0. The number of rotatable bonds is 11. The molecule has 2 aromatic carbocycles. The lowest BCUT2D eigenvalue weighted by atomic mass is 10.00. The van der Waals surface area contributed by atoms with Crippen molar-refractivity contribution in [2.45, 2.75) is 47.3 Å². The molecule has 1 N–H and O–H groups in total. The van der Waals surface area contributed by atoms with E-state index in [-0.39, 0.29) is 23.1 Å². The summed E-state index contributed by atoms with van der Waals surface area (Å²) < 4.78 is 41.0. The number of aromatic nitrogens is 2. The zero-order chi connectivity index (χ0) is 29.8. The van der Waals surface area contributed by atoms with Crippen LogP contribution in [0.25, 0.3) is 22.2 Å². The van der Waals surface area contributed by atoms with Crippen LogP contribution in [0.5, 0.6) is 0 Å². The molecule has 0 fully saturated rings. The highest BCUT2D eigenvalue weighted by Crippen LogP contribution is 2.34. The van der Waals surface area contributed by atoms with Gasteiger partial charge in [-0.15, -0.1) is 0 Å². The second kappa shape index (κ2) is 13.0. The van der Waals surface area contributed by atoms with E-state index < -0.39 is 35.2 Å². The molecule has 216 valence electrons. The second-order valence-corrected chi connectivity index (χ2v) is 11.7.